The van der Waals surface area contributed by atoms with E-state index in [4.69, 9.17) is 14.7 Å². The number of fused-ring (bicyclic) bond motifs is 3. The standard InChI is InChI=1S/C23H33N5O2S/c1-15-3-4-18-19(13-15)31-23-21(18)22(24-17-5-7-28(8-6-17)16(2)29)25-20(26-23)14-27-9-11-30-12-10-27/h15,17H,3-14H2,1-2H3,(H,24,25,26). The van der Waals surface area contributed by atoms with Crippen molar-refractivity contribution in [3.63, 3.8) is 0 Å². The highest BCUT2D eigenvalue weighted by Crippen LogP contribution is 2.40. The summed E-state index contributed by atoms with van der Waals surface area (Å²) in [6, 6.07) is 0.350. The van der Waals surface area contributed by atoms with Crippen LogP contribution in [0.25, 0.3) is 10.2 Å². The number of morpholine rings is 1. The number of nitrogens with one attached hydrogen (secondary N) is 1. The SMILES string of the molecule is CC(=O)N1CCC(Nc2nc(CN3CCOCC3)nc3sc4c(c23)CCC(C)C4)CC1. The molecule has 1 N–H and O–H groups in total. The summed E-state index contributed by atoms with van der Waals surface area (Å²) in [4.78, 5) is 28.8. The molecule has 1 unspecified atom stereocenters. The van der Waals surface area contributed by atoms with E-state index in [1.807, 2.05) is 16.2 Å². The number of aromatic nitrogens is 2. The number of rotatable bonds is 4. The van der Waals surface area contributed by atoms with Crippen molar-refractivity contribution in [1.82, 2.24) is 19.8 Å². The van der Waals surface area contributed by atoms with Gasteiger partial charge < -0.3 is 15.0 Å². The van der Waals surface area contributed by atoms with Crippen molar-refractivity contribution in [2.24, 2.45) is 5.92 Å². The lowest BCUT2D eigenvalue weighted by Gasteiger charge is -2.32. The molecular formula is C23H33N5O2S. The number of piperidine rings is 1. The molecule has 31 heavy (non-hydrogen) atoms. The van der Waals surface area contributed by atoms with Gasteiger partial charge in [-0.05, 0) is 43.6 Å². The third kappa shape index (κ3) is 4.56. The minimum Gasteiger partial charge on any atom is -0.379 e. The van der Waals surface area contributed by atoms with Crippen molar-refractivity contribution in [3.05, 3.63) is 16.3 Å². The van der Waals surface area contributed by atoms with Gasteiger partial charge in [-0.2, -0.15) is 0 Å². The number of likely N-dealkylation sites (tertiary alicyclic amines) is 1. The van der Waals surface area contributed by atoms with E-state index >= 15 is 0 Å². The van der Waals surface area contributed by atoms with Crippen LogP contribution in [0.1, 0.15) is 49.4 Å². The number of anilines is 1. The molecule has 4 heterocycles. The third-order valence-electron chi connectivity index (χ3n) is 6.95. The molecule has 1 aliphatic carbocycles. The van der Waals surface area contributed by atoms with E-state index in [0.717, 1.165) is 94.0 Å². The Morgan fingerprint density at radius 3 is 2.68 bits per heavy atom. The quantitative estimate of drug-likeness (QED) is 0.783. The first kappa shape index (κ1) is 21.1. The van der Waals surface area contributed by atoms with Gasteiger partial charge in [-0.1, -0.05) is 6.92 Å². The molecule has 2 aliphatic heterocycles. The van der Waals surface area contributed by atoms with Crippen molar-refractivity contribution in [1.29, 1.82) is 0 Å². The van der Waals surface area contributed by atoms with Gasteiger partial charge in [0.1, 0.15) is 16.5 Å². The number of hydrogen-bond donors (Lipinski definition) is 1. The summed E-state index contributed by atoms with van der Waals surface area (Å²) in [7, 11) is 0. The average molecular weight is 444 g/mol. The van der Waals surface area contributed by atoms with E-state index in [0.29, 0.717) is 6.04 Å². The molecule has 0 radical (unpaired) electrons. The predicted octanol–water partition coefficient (Wildman–Crippen LogP) is 3.07. The predicted molar refractivity (Wildman–Crippen MR) is 124 cm³/mol. The van der Waals surface area contributed by atoms with Crippen molar-refractivity contribution < 1.29 is 9.53 Å². The number of ether oxygens (including phenoxy) is 1. The minimum atomic E-state index is 0.177. The molecule has 1 atom stereocenters. The van der Waals surface area contributed by atoms with Crippen LogP contribution in [0.4, 0.5) is 5.82 Å². The van der Waals surface area contributed by atoms with E-state index < -0.39 is 0 Å². The maximum atomic E-state index is 11.7. The summed E-state index contributed by atoms with van der Waals surface area (Å²) >= 11 is 1.87. The number of carbonyl (C=O) groups excluding carboxylic acids is 1. The van der Waals surface area contributed by atoms with Crippen LogP contribution in [0.5, 0.6) is 0 Å². The first-order valence-corrected chi connectivity index (χ1v) is 12.5. The second-order valence-electron chi connectivity index (χ2n) is 9.33. The van der Waals surface area contributed by atoms with Gasteiger partial charge in [0.15, 0.2) is 0 Å². The van der Waals surface area contributed by atoms with Crippen molar-refractivity contribution in [3.8, 4) is 0 Å². The van der Waals surface area contributed by atoms with Gasteiger partial charge in [0, 0.05) is 44.0 Å². The molecule has 2 aromatic rings. The van der Waals surface area contributed by atoms with Crippen LogP contribution in [0.3, 0.4) is 0 Å². The first-order chi connectivity index (χ1) is 15.1. The van der Waals surface area contributed by atoms with Crippen molar-refractivity contribution >= 4 is 33.3 Å². The lowest BCUT2D eigenvalue weighted by atomic mass is 9.89. The molecule has 0 spiro atoms. The zero-order valence-electron chi connectivity index (χ0n) is 18.7. The van der Waals surface area contributed by atoms with E-state index in [2.05, 4.69) is 17.1 Å². The number of nitrogens with zero attached hydrogens (tertiary/aromatic N) is 4. The van der Waals surface area contributed by atoms with Crippen LogP contribution < -0.4 is 5.32 Å². The molecule has 2 aromatic heterocycles. The van der Waals surface area contributed by atoms with E-state index in [9.17, 15) is 4.79 Å². The molecule has 0 saturated carbocycles. The number of thiophene rings is 1. The summed E-state index contributed by atoms with van der Waals surface area (Å²) < 4.78 is 5.50. The zero-order chi connectivity index (χ0) is 21.4. The summed E-state index contributed by atoms with van der Waals surface area (Å²) in [6.07, 6.45) is 5.46. The van der Waals surface area contributed by atoms with Crippen molar-refractivity contribution in [2.45, 2.75) is 58.5 Å². The Bertz CT molecular complexity index is 947. The number of amides is 1. The average Bonchev–Trinajstić information content (AvgIpc) is 3.12. The lowest BCUT2D eigenvalue weighted by molar-refractivity contribution is -0.129. The summed E-state index contributed by atoms with van der Waals surface area (Å²) in [5.74, 6) is 2.84. The van der Waals surface area contributed by atoms with Gasteiger partial charge in [-0.3, -0.25) is 9.69 Å². The van der Waals surface area contributed by atoms with Crippen molar-refractivity contribution in [2.75, 3.05) is 44.7 Å². The fraction of sp³-hybridized carbons (Fsp3) is 0.696. The largest absolute Gasteiger partial charge is 0.379 e. The van der Waals surface area contributed by atoms with Gasteiger partial charge in [0.05, 0.1) is 25.1 Å². The fourth-order valence-corrected chi connectivity index (χ4v) is 6.45. The molecule has 1 amide bonds. The normalized spacial score (nSPS) is 23.2. The molecule has 3 aliphatic rings. The number of carbonyl (C=O) groups is 1. The second-order valence-corrected chi connectivity index (χ2v) is 10.4. The number of aryl methyl sites for hydroxylation is 1. The monoisotopic (exact) mass is 443 g/mol. The molecule has 0 bridgehead atoms. The molecule has 0 aromatic carbocycles. The van der Waals surface area contributed by atoms with Crippen LogP contribution in [0.2, 0.25) is 0 Å². The summed E-state index contributed by atoms with van der Waals surface area (Å²) in [5, 5.41) is 5.04. The molecule has 168 valence electrons. The molecule has 2 saturated heterocycles. The first-order valence-electron chi connectivity index (χ1n) is 11.7. The molecular weight excluding hydrogens is 410 g/mol. The third-order valence-corrected chi connectivity index (χ3v) is 8.10. The minimum absolute atomic E-state index is 0.177. The highest BCUT2D eigenvalue weighted by Gasteiger charge is 2.27. The topological polar surface area (TPSA) is 70.6 Å². The Labute approximate surface area is 188 Å². The van der Waals surface area contributed by atoms with Gasteiger partial charge >= 0.3 is 0 Å². The maximum Gasteiger partial charge on any atom is 0.219 e. The summed E-state index contributed by atoms with van der Waals surface area (Å²) in [6.45, 7) is 9.87. The van der Waals surface area contributed by atoms with E-state index in [1.54, 1.807) is 6.92 Å². The van der Waals surface area contributed by atoms with E-state index in [-0.39, 0.29) is 5.91 Å². The summed E-state index contributed by atoms with van der Waals surface area (Å²) in [5.41, 5.74) is 1.47. The Morgan fingerprint density at radius 2 is 1.94 bits per heavy atom. The van der Waals surface area contributed by atoms with Gasteiger partial charge in [-0.15, -0.1) is 11.3 Å². The molecule has 8 heteroatoms. The van der Waals surface area contributed by atoms with Crippen LogP contribution >= 0.6 is 11.3 Å². The highest BCUT2D eigenvalue weighted by atomic mass is 32.1. The maximum absolute atomic E-state index is 11.7. The van der Waals surface area contributed by atoms with Gasteiger partial charge in [-0.25, -0.2) is 9.97 Å². The van der Waals surface area contributed by atoms with Gasteiger partial charge in [0.2, 0.25) is 5.91 Å². The van der Waals surface area contributed by atoms with Crippen LogP contribution in [-0.4, -0.2) is 71.1 Å². The van der Waals surface area contributed by atoms with Crippen LogP contribution in [0.15, 0.2) is 0 Å². The molecule has 7 nitrogen and oxygen atoms in total. The van der Waals surface area contributed by atoms with Crippen LogP contribution in [0, 0.1) is 5.92 Å². The smallest absolute Gasteiger partial charge is 0.219 e. The van der Waals surface area contributed by atoms with E-state index in [1.165, 1.54) is 22.2 Å². The Morgan fingerprint density at radius 1 is 1.16 bits per heavy atom. The lowest BCUT2D eigenvalue weighted by Crippen LogP contribution is -2.41. The molecule has 5 rings (SSSR count). The van der Waals surface area contributed by atoms with Gasteiger partial charge in [0.25, 0.3) is 0 Å². The Hall–Kier alpha value is -1.77. The number of hydrogen-bond acceptors (Lipinski definition) is 7. The van der Waals surface area contributed by atoms with Crippen LogP contribution in [-0.2, 0) is 28.9 Å². The highest BCUT2D eigenvalue weighted by molar-refractivity contribution is 7.19. The Balaban J connectivity index is 1.44. The fourth-order valence-electron chi connectivity index (χ4n) is 5.05. The zero-order valence-corrected chi connectivity index (χ0v) is 19.5. The Kier molecular flexibility index (Phi) is 6.12. The molecule has 2 fully saturated rings. The second kappa shape index (κ2) is 9.00.